The summed E-state index contributed by atoms with van der Waals surface area (Å²) in [6.45, 7) is 4.64. The number of hydrogen-bond acceptors (Lipinski definition) is 4. The molecule has 2 N–H and O–H groups in total. The van der Waals surface area contributed by atoms with Gasteiger partial charge in [0.25, 0.3) is 5.91 Å². The highest BCUT2D eigenvalue weighted by molar-refractivity contribution is 6.34. The van der Waals surface area contributed by atoms with Gasteiger partial charge in [-0.25, -0.2) is 0 Å². The summed E-state index contributed by atoms with van der Waals surface area (Å²) >= 11 is 6.39. The van der Waals surface area contributed by atoms with E-state index in [-0.39, 0.29) is 5.91 Å². The second kappa shape index (κ2) is 5.35. The average Bonchev–Trinajstić information content (AvgIpc) is 2.56. The van der Waals surface area contributed by atoms with Gasteiger partial charge in [-0.2, -0.15) is 5.10 Å². The van der Waals surface area contributed by atoms with Crippen molar-refractivity contribution < 1.29 is 4.79 Å². The summed E-state index contributed by atoms with van der Waals surface area (Å²) in [6.07, 6.45) is 1.02. The fourth-order valence-electron chi connectivity index (χ4n) is 2.81. The fourth-order valence-corrected chi connectivity index (χ4v) is 3.08. The van der Waals surface area contributed by atoms with Crippen molar-refractivity contribution in [3.05, 3.63) is 16.4 Å². The molecule has 2 aliphatic rings. The quantitative estimate of drug-likeness (QED) is 0.858. The monoisotopic (exact) mass is 297 g/mol. The van der Waals surface area contributed by atoms with Crippen LogP contribution in [0.2, 0.25) is 5.02 Å². The van der Waals surface area contributed by atoms with E-state index in [1.54, 1.807) is 4.90 Å². The zero-order valence-corrected chi connectivity index (χ0v) is 12.4. The molecule has 7 heteroatoms. The minimum absolute atomic E-state index is 0.0667. The van der Waals surface area contributed by atoms with Gasteiger partial charge in [0, 0.05) is 38.6 Å². The van der Waals surface area contributed by atoms with Gasteiger partial charge in [-0.05, 0) is 20.0 Å². The maximum Gasteiger partial charge on any atom is 0.275 e. The van der Waals surface area contributed by atoms with E-state index < -0.39 is 0 Å². The summed E-state index contributed by atoms with van der Waals surface area (Å²) in [6, 6.07) is 0. The van der Waals surface area contributed by atoms with Crippen LogP contribution in [0.15, 0.2) is 0 Å². The van der Waals surface area contributed by atoms with Gasteiger partial charge in [0.15, 0.2) is 5.69 Å². The van der Waals surface area contributed by atoms with Crippen molar-refractivity contribution in [1.82, 2.24) is 19.6 Å². The predicted octanol–water partition coefficient (Wildman–Crippen LogP) is 0.403. The number of likely N-dealkylation sites (tertiary alicyclic amines) is 1. The maximum atomic E-state index is 12.4. The Morgan fingerprint density at radius 3 is 2.90 bits per heavy atom. The minimum atomic E-state index is -0.0667. The van der Waals surface area contributed by atoms with Crippen LogP contribution < -0.4 is 5.73 Å². The van der Waals surface area contributed by atoms with Gasteiger partial charge in [0.2, 0.25) is 0 Å². The molecule has 0 unspecified atom stereocenters. The fraction of sp³-hybridized carbons (Fsp3) is 0.692. The van der Waals surface area contributed by atoms with Crippen LogP contribution >= 0.6 is 11.6 Å². The molecule has 0 atom stereocenters. The molecular formula is C13H20ClN5O. The molecule has 1 amide bonds. The number of fused-ring (bicyclic) bond motifs is 1. The Bertz CT molecular complexity index is 523. The second-order valence-corrected chi connectivity index (χ2v) is 6.11. The Kier molecular flexibility index (Phi) is 3.70. The molecule has 6 nitrogen and oxygen atoms in total. The topological polar surface area (TPSA) is 67.4 Å². The first-order valence-electron chi connectivity index (χ1n) is 7.03. The molecule has 1 saturated heterocycles. The average molecular weight is 298 g/mol. The molecule has 0 bridgehead atoms. The lowest BCUT2D eigenvalue weighted by Crippen LogP contribution is -2.52. The van der Waals surface area contributed by atoms with Crippen molar-refractivity contribution in [2.75, 3.05) is 33.2 Å². The molecule has 1 aromatic heterocycles. The number of carbonyl (C=O) groups is 1. The van der Waals surface area contributed by atoms with E-state index in [9.17, 15) is 4.79 Å². The third-order valence-corrected chi connectivity index (χ3v) is 4.50. The van der Waals surface area contributed by atoms with E-state index in [1.165, 1.54) is 0 Å². The van der Waals surface area contributed by atoms with E-state index >= 15 is 0 Å². The molecule has 3 rings (SSSR count). The molecule has 1 fully saturated rings. The first-order valence-corrected chi connectivity index (χ1v) is 7.41. The maximum absolute atomic E-state index is 12.4. The number of carbonyl (C=O) groups excluding carboxylic acids is 1. The van der Waals surface area contributed by atoms with Crippen molar-refractivity contribution in [3.63, 3.8) is 0 Å². The van der Waals surface area contributed by atoms with Crippen molar-refractivity contribution in [3.8, 4) is 0 Å². The Labute approximate surface area is 123 Å². The highest BCUT2D eigenvalue weighted by atomic mass is 35.5. The lowest BCUT2D eigenvalue weighted by atomic mass is 10.0. The smallest absolute Gasteiger partial charge is 0.275 e. The number of aromatic nitrogens is 2. The van der Waals surface area contributed by atoms with Crippen LogP contribution in [0.4, 0.5) is 0 Å². The first-order chi connectivity index (χ1) is 9.60. The number of nitrogens with two attached hydrogens (primary N) is 1. The lowest BCUT2D eigenvalue weighted by Gasteiger charge is -2.38. The molecule has 0 aromatic carbocycles. The summed E-state index contributed by atoms with van der Waals surface area (Å²) in [5.41, 5.74) is 6.93. The molecule has 0 aliphatic carbocycles. The van der Waals surface area contributed by atoms with Crippen LogP contribution in [-0.2, 0) is 13.1 Å². The highest BCUT2D eigenvalue weighted by Crippen LogP contribution is 2.27. The molecule has 0 spiro atoms. The Morgan fingerprint density at radius 1 is 1.45 bits per heavy atom. The van der Waals surface area contributed by atoms with E-state index in [0.29, 0.717) is 36.3 Å². The molecule has 3 heterocycles. The van der Waals surface area contributed by atoms with Crippen molar-refractivity contribution in [2.24, 2.45) is 11.7 Å². The number of nitrogens with zero attached hydrogens (tertiary/aromatic N) is 4. The van der Waals surface area contributed by atoms with Gasteiger partial charge >= 0.3 is 0 Å². The lowest BCUT2D eigenvalue weighted by molar-refractivity contribution is 0.0508. The van der Waals surface area contributed by atoms with Crippen LogP contribution in [0, 0.1) is 5.92 Å². The van der Waals surface area contributed by atoms with Crippen molar-refractivity contribution >= 4 is 17.5 Å². The van der Waals surface area contributed by atoms with Crippen LogP contribution in [0.1, 0.15) is 22.6 Å². The van der Waals surface area contributed by atoms with E-state index in [2.05, 4.69) is 17.0 Å². The highest BCUT2D eigenvalue weighted by Gasteiger charge is 2.34. The van der Waals surface area contributed by atoms with Crippen LogP contribution in [-0.4, -0.2) is 58.7 Å². The number of halogens is 1. The Hall–Kier alpha value is -1.11. The van der Waals surface area contributed by atoms with Crippen LogP contribution in [0.5, 0.6) is 0 Å². The minimum Gasteiger partial charge on any atom is -0.336 e. The van der Waals surface area contributed by atoms with Crippen molar-refractivity contribution in [1.29, 1.82) is 0 Å². The van der Waals surface area contributed by atoms with Gasteiger partial charge in [0.05, 0.1) is 10.7 Å². The first kappa shape index (κ1) is 13.9. The second-order valence-electron chi connectivity index (χ2n) is 5.74. The summed E-state index contributed by atoms with van der Waals surface area (Å²) < 4.78 is 1.89. The van der Waals surface area contributed by atoms with E-state index in [0.717, 1.165) is 31.7 Å². The zero-order valence-electron chi connectivity index (χ0n) is 11.7. The molecule has 2 aliphatic heterocycles. The van der Waals surface area contributed by atoms with Gasteiger partial charge in [0.1, 0.15) is 0 Å². The van der Waals surface area contributed by atoms with Gasteiger partial charge in [-0.15, -0.1) is 0 Å². The SMILES string of the molecule is CN1CCCn2nc(C(=O)N3CC(CN)C3)c(Cl)c2C1. The normalized spacial score (nSPS) is 20.4. The summed E-state index contributed by atoms with van der Waals surface area (Å²) in [7, 11) is 2.06. The largest absolute Gasteiger partial charge is 0.336 e. The number of aryl methyl sites for hydroxylation is 1. The third-order valence-electron chi connectivity index (χ3n) is 4.10. The number of amides is 1. The van der Waals surface area contributed by atoms with Crippen molar-refractivity contribution in [2.45, 2.75) is 19.5 Å². The molecule has 1 aromatic rings. The van der Waals surface area contributed by atoms with Gasteiger partial charge in [-0.3, -0.25) is 9.48 Å². The van der Waals surface area contributed by atoms with Gasteiger partial charge in [-0.1, -0.05) is 11.6 Å². The molecule has 0 radical (unpaired) electrons. The summed E-state index contributed by atoms with van der Waals surface area (Å²) in [5, 5.41) is 4.95. The van der Waals surface area contributed by atoms with Gasteiger partial charge < -0.3 is 15.5 Å². The predicted molar refractivity (Wildman–Crippen MR) is 76.6 cm³/mol. The Morgan fingerprint density at radius 2 is 2.20 bits per heavy atom. The Balaban J connectivity index is 1.81. The van der Waals surface area contributed by atoms with E-state index in [4.69, 9.17) is 17.3 Å². The van der Waals surface area contributed by atoms with Crippen LogP contribution in [0.25, 0.3) is 0 Å². The zero-order chi connectivity index (χ0) is 14.3. The summed E-state index contributed by atoms with van der Waals surface area (Å²) in [5.74, 6) is 0.354. The van der Waals surface area contributed by atoms with E-state index in [1.807, 2.05) is 4.68 Å². The van der Waals surface area contributed by atoms with Crippen LogP contribution in [0.3, 0.4) is 0 Å². The molecule has 110 valence electrons. The molecular weight excluding hydrogens is 278 g/mol. The third kappa shape index (κ3) is 2.32. The molecule has 20 heavy (non-hydrogen) atoms. The number of rotatable bonds is 2. The standard InChI is InChI=1S/C13H20ClN5O/c1-17-3-2-4-19-10(8-17)11(14)12(16-19)13(20)18-6-9(5-15)7-18/h9H,2-8,15H2,1H3. The molecule has 0 saturated carbocycles. The number of hydrogen-bond donors (Lipinski definition) is 1. The summed E-state index contributed by atoms with van der Waals surface area (Å²) in [4.78, 5) is 16.4.